The summed E-state index contributed by atoms with van der Waals surface area (Å²) in [4.78, 5) is 19.7. The van der Waals surface area contributed by atoms with Gasteiger partial charge in [0.25, 0.3) is 5.91 Å². The van der Waals surface area contributed by atoms with E-state index in [0.29, 0.717) is 10.6 Å². The zero-order chi connectivity index (χ0) is 14.3. The van der Waals surface area contributed by atoms with E-state index < -0.39 is 0 Å². The second-order valence-electron chi connectivity index (χ2n) is 5.42. The lowest BCUT2D eigenvalue weighted by molar-refractivity contribution is 0.0730. The van der Waals surface area contributed by atoms with Crippen molar-refractivity contribution in [3.8, 4) is 0 Å². The molecular weight excluding hydrogens is 270 g/mol. The van der Waals surface area contributed by atoms with Crippen LogP contribution < -0.4 is 5.73 Å². The summed E-state index contributed by atoms with van der Waals surface area (Å²) in [6.07, 6.45) is 3.40. The molecule has 0 unspecified atom stereocenters. The minimum absolute atomic E-state index is 0.0838. The number of piperidine rings is 1. The number of nitrogens with two attached hydrogens (primary N) is 1. The number of thiophene rings is 1. The Kier molecular flexibility index (Phi) is 3.38. The number of likely N-dealkylation sites (tertiary alicyclic amines) is 1. The van der Waals surface area contributed by atoms with Crippen LogP contribution in [0.2, 0.25) is 0 Å². The topological polar surface area (TPSA) is 59.2 Å². The molecular formula is C15H19N3OS. The van der Waals surface area contributed by atoms with E-state index in [0.717, 1.165) is 47.4 Å². The average Bonchev–Trinajstić information content (AvgIpc) is 2.76. The number of amides is 1. The predicted octanol–water partition coefficient (Wildman–Crippen LogP) is 3.12. The Morgan fingerprint density at radius 1 is 1.30 bits per heavy atom. The van der Waals surface area contributed by atoms with E-state index in [2.05, 4.69) is 4.98 Å². The summed E-state index contributed by atoms with van der Waals surface area (Å²) in [5.41, 5.74) is 8.70. The zero-order valence-corrected chi connectivity index (χ0v) is 12.7. The number of pyridine rings is 1. The highest BCUT2D eigenvalue weighted by molar-refractivity contribution is 7.21. The van der Waals surface area contributed by atoms with Crippen LogP contribution >= 0.6 is 11.3 Å². The van der Waals surface area contributed by atoms with Crippen LogP contribution in [-0.4, -0.2) is 28.9 Å². The van der Waals surface area contributed by atoms with Gasteiger partial charge in [0.2, 0.25) is 0 Å². The van der Waals surface area contributed by atoms with Crippen LogP contribution in [0.4, 0.5) is 5.69 Å². The number of aryl methyl sites for hydroxylation is 2. The summed E-state index contributed by atoms with van der Waals surface area (Å²) >= 11 is 1.50. The number of rotatable bonds is 1. The molecule has 3 rings (SSSR count). The van der Waals surface area contributed by atoms with Gasteiger partial charge in [0.05, 0.1) is 5.69 Å². The van der Waals surface area contributed by atoms with Crippen molar-refractivity contribution in [3.05, 3.63) is 22.3 Å². The first kappa shape index (κ1) is 13.4. The van der Waals surface area contributed by atoms with Gasteiger partial charge in [-0.1, -0.05) is 0 Å². The maximum Gasteiger partial charge on any atom is 0.266 e. The van der Waals surface area contributed by atoms with E-state index in [4.69, 9.17) is 5.73 Å². The molecule has 2 aromatic heterocycles. The zero-order valence-electron chi connectivity index (χ0n) is 11.9. The first-order valence-corrected chi connectivity index (χ1v) is 7.85. The molecule has 1 aliphatic rings. The monoisotopic (exact) mass is 289 g/mol. The fraction of sp³-hybridized carbons (Fsp3) is 0.467. The van der Waals surface area contributed by atoms with Crippen molar-refractivity contribution in [2.45, 2.75) is 33.1 Å². The lowest BCUT2D eigenvalue weighted by Crippen LogP contribution is -2.35. The van der Waals surface area contributed by atoms with Crippen molar-refractivity contribution in [2.24, 2.45) is 0 Å². The van der Waals surface area contributed by atoms with Gasteiger partial charge in [-0.05, 0) is 39.2 Å². The van der Waals surface area contributed by atoms with E-state index in [1.54, 1.807) is 0 Å². The Labute approximate surface area is 122 Å². The quantitative estimate of drug-likeness (QED) is 0.877. The molecule has 1 fully saturated rings. The van der Waals surface area contributed by atoms with Crippen molar-refractivity contribution in [2.75, 3.05) is 18.8 Å². The normalized spacial score (nSPS) is 15.8. The standard InChI is InChI=1S/C15H19N3OS/c1-9-8-11-12(10(2)17-9)13(16)14(20-11)15(19)18-6-4-3-5-7-18/h8H,3-7,16H2,1-2H3. The van der Waals surface area contributed by atoms with Crippen molar-refractivity contribution in [1.82, 2.24) is 9.88 Å². The van der Waals surface area contributed by atoms with Gasteiger partial charge in [-0.15, -0.1) is 11.3 Å². The second-order valence-corrected chi connectivity index (χ2v) is 6.47. The van der Waals surface area contributed by atoms with Gasteiger partial charge in [-0.25, -0.2) is 0 Å². The van der Waals surface area contributed by atoms with Gasteiger partial charge in [-0.3, -0.25) is 9.78 Å². The second kappa shape index (κ2) is 5.05. The van der Waals surface area contributed by atoms with Gasteiger partial charge < -0.3 is 10.6 Å². The molecule has 1 aliphatic heterocycles. The summed E-state index contributed by atoms with van der Waals surface area (Å²) < 4.78 is 1.06. The number of carbonyl (C=O) groups excluding carboxylic acids is 1. The summed E-state index contributed by atoms with van der Waals surface area (Å²) in [7, 11) is 0. The van der Waals surface area contributed by atoms with Crippen molar-refractivity contribution in [1.29, 1.82) is 0 Å². The molecule has 3 heterocycles. The molecule has 0 atom stereocenters. The maximum atomic E-state index is 12.6. The molecule has 1 amide bonds. The molecule has 2 N–H and O–H groups in total. The molecule has 0 bridgehead atoms. The number of aromatic nitrogens is 1. The van der Waals surface area contributed by atoms with Crippen molar-refractivity contribution in [3.63, 3.8) is 0 Å². The SMILES string of the molecule is Cc1cc2sc(C(=O)N3CCCCC3)c(N)c2c(C)n1. The molecule has 5 heteroatoms. The average molecular weight is 289 g/mol. The van der Waals surface area contributed by atoms with Crippen LogP contribution in [0.1, 0.15) is 40.3 Å². The fourth-order valence-electron chi connectivity index (χ4n) is 2.88. The Hall–Kier alpha value is -1.62. The Balaban J connectivity index is 2.05. The number of anilines is 1. The van der Waals surface area contributed by atoms with E-state index >= 15 is 0 Å². The van der Waals surface area contributed by atoms with E-state index in [1.807, 2.05) is 24.8 Å². The first-order valence-electron chi connectivity index (χ1n) is 7.03. The van der Waals surface area contributed by atoms with Gasteiger partial charge in [0.15, 0.2) is 0 Å². The Morgan fingerprint density at radius 3 is 2.70 bits per heavy atom. The first-order chi connectivity index (χ1) is 9.58. The van der Waals surface area contributed by atoms with Gasteiger partial charge >= 0.3 is 0 Å². The van der Waals surface area contributed by atoms with Crippen molar-refractivity contribution >= 4 is 33.0 Å². The van der Waals surface area contributed by atoms with E-state index in [1.165, 1.54) is 17.8 Å². The highest BCUT2D eigenvalue weighted by atomic mass is 32.1. The summed E-state index contributed by atoms with van der Waals surface area (Å²) in [6, 6.07) is 2.01. The highest BCUT2D eigenvalue weighted by Crippen LogP contribution is 2.36. The Morgan fingerprint density at radius 2 is 2.00 bits per heavy atom. The molecule has 0 saturated carbocycles. The number of fused-ring (bicyclic) bond motifs is 1. The van der Waals surface area contributed by atoms with Crippen LogP contribution in [0, 0.1) is 13.8 Å². The molecule has 0 aromatic carbocycles. The minimum atomic E-state index is 0.0838. The minimum Gasteiger partial charge on any atom is -0.397 e. The molecule has 0 radical (unpaired) electrons. The van der Waals surface area contributed by atoms with E-state index in [9.17, 15) is 4.79 Å². The summed E-state index contributed by atoms with van der Waals surface area (Å²) in [6.45, 7) is 5.62. The number of nitrogen functional groups attached to an aromatic ring is 1. The van der Waals surface area contributed by atoms with Crippen LogP contribution in [-0.2, 0) is 0 Å². The molecule has 1 saturated heterocycles. The fourth-order valence-corrected chi connectivity index (χ4v) is 4.12. The van der Waals surface area contributed by atoms with Crippen molar-refractivity contribution < 1.29 is 4.79 Å². The Bertz CT molecular complexity index is 671. The number of hydrogen-bond acceptors (Lipinski definition) is 4. The van der Waals surface area contributed by atoms with Gasteiger partial charge in [0, 0.05) is 34.6 Å². The number of hydrogen-bond donors (Lipinski definition) is 1. The van der Waals surface area contributed by atoms with Gasteiger partial charge in [-0.2, -0.15) is 0 Å². The molecule has 2 aromatic rings. The van der Waals surface area contributed by atoms with Gasteiger partial charge in [0.1, 0.15) is 4.88 Å². The van der Waals surface area contributed by atoms with Crippen LogP contribution in [0.3, 0.4) is 0 Å². The number of nitrogens with zero attached hydrogens (tertiary/aromatic N) is 2. The number of carbonyl (C=O) groups is 1. The lowest BCUT2D eigenvalue weighted by atomic mass is 10.1. The molecule has 20 heavy (non-hydrogen) atoms. The third-order valence-electron chi connectivity index (χ3n) is 3.86. The van der Waals surface area contributed by atoms with E-state index in [-0.39, 0.29) is 5.91 Å². The largest absolute Gasteiger partial charge is 0.397 e. The smallest absolute Gasteiger partial charge is 0.266 e. The maximum absolute atomic E-state index is 12.6. The molecule has 106 valence electrons. The predicted molar refractivity (Wildman–Crippen MR) is 83.3 cm³/mol. The summed E-state index contributed by atoms with van der Waals surface area (Å²) in [5.74, 6) is 0.0838. The highest BCUT2D eigenvalue weighted by Gasteiger charge is 2.24. The summed E-state index contributed by atoms with van der Waals surface area (Å²) in [5, 5.41) is 0.945. The third-order valence-corrected chi connectivity index (χ3v) is 5.00. The third kappa shape index (κ3) is 2.16. The van der Waals surface area contributed by atoms with Crippen LogP contribution in [0.5, 0.6) is 0 Å². The molecule has 0 aliphatic carbocycles. The molecule has 0 spiro atoms. The van der Waals surface area contributed by atoms with Crippen LogP contribution in [0.25, 0.3) is 10.1 Å². The lowest BCUT2D eigenvalue weighted by Gasteiger charge is -2.26. The van der Waals surface area contributed by atoms with Crippen LogP contribution in [0.15, 0.2) is 6.07 Å². The molecule has 4 nitrogen and oxygen atoms in total.